The number of rotatable bonds is 3. The first kappa shape index (κ1) is 12.4. The second kappa shape index (κ2) is 5.14. The van der Waals surface area contributed by atoms with Gasteiger partial charge in [0.25, 0.3) is 0 Å². The number of nitrogens with two attached hydrogens (primary N) is 1. The molecular formula is C13H11FN6. The minimum atomic E-state index is -0.506. The van der Waals surface area contributed by atoms with Crippen LogP contribution in [0.25, 0.3) is 11.5 Å². The summed E-state index contributed by atoms with van der Waals surface area (Å²) in [6, 6.07) is 5.44. The largest absolute Gasteiger partial charge is 0.318 e. The average molecular weight is 270 g/mol. The van der Waals surface area contributed by atoms with Crippen molar-refractivity contribution in [3.63, 3.8) is 0 Å². The molecule has 2 aromatic heterocycles. The summed E-state index contributed by atoms with van der Waals surface area (Å²) in [7, 11) is 0. The van der Waals surface area contributed by atoms with Gasteiger partial charge in [-0.05, 0) is 17.7 Å². The topological polar surface area (TPSA) is 93.4 Å². The van der Waals surface area contributed by atoms with Crippen LogP contribution in [0.2, 0.25) is 0 Å². The molecule has 0 radical (unpaired) electrons. The van der Waals surface area contributed by atoms with Gasteiger partial charge in [-0.15, -0.1) is 0 Å². The quantitative estimate of drug-likeness (QED) is 0.751. The van der Waals surface area contributed by atoms with Crippen molar-refractivity contribution < 1.29 is 4.39 Å². The number of H-pyrrole nitrogens is 1. The SMILES string of the molecule is NC(c1ccc(F)cc1)c1nc(-c2cnccn2)n[nH]1. The monoisotopic (exact) mass is 270 g/mol. The van der Waals surface area contributed by atoms with Crippen LogP contribution in [0.15, 0.2) is 42.9 Å². The highest BCUT2D eigenvalue weighted by Gasteiger charge is 2.15. The Hall–Kier alpha value is -2.67. The van der Waals surface area contributed by atoms with E-state index in [-0.39, 0.29) is 5.82 Å². The van der Waals surface area contributed by atoms with E-state index in [2.05, 4.69) is 25.1 Å². The minimum absolute atomic E-state index is 0.307. The molecule has 7 heteroatoms. The van der Waals surface area contributed by atoms with Crippen molar-refractivity contribution in [1.82, 2.24) is 25.1 Å². The molecule has 0 aliphatic rings. The lowest BCUT2D eigenvalue weighted by atomic mass is 10.1. The Morgan fingerprint density at radius 2 is 1.95 bits per heavy atom. The summed E-state index contributed by atoms with van der Waals surface area (Å²) in [5, 5.41) is 6.83. The van der Waals surface area contributed by atoms with E-state index in [1.165, 1.54) is 12.1 Å². The van der Waals surface area contributed by atoms with Crippen LogP contribution in [0.5, 0.6) is 0 Å². The molecule has 0 spiro atoms. The van der Waals surface area contributed by atoms with Crippen molar-refractivity contribution in [3.8, 4) is 11.5 Å². The summed E-state index contributed by atoms with van der Waals surface area (Å²) in [6.45, 7) is 0. The van der Waals surface area contributed by atoms with Crippen LogP contribution in [0, 0.1) is 5.82 Å². The van der Waals surface area contributed by atoms with Crippen LogP contribution in [0.3, 0.4) is 0 Å². The Balaban J connectivity index is 1.88. The maximum Gasteiger partial charge on any atom is 0.201 e. The molecule has 1 aromatic carbocycles. The van der Waals surface area contributed by atoms with Crippen LogP contribution in [0.1, 0.15) is 17.4 Å². The fraction of sp³-hybridized carbons (Fsp3) is 0.0769. The molecule has 2 heterocycles. The lowest BCUT2D eigenvalue weighted by molar-refractivity contribution is 0.626. The molecule has 6 nitrogen and oxygen atoms in total. The Morgan fingerprint density at radius 3 is 2.65 bits per heavy atom. The number of hydrogen-bond donors (Lipinski definition) is 2. The molecule has 0 fully saturated rings. The molecule has 0 saturated heterocycles. The van der Waals surface area contributed by atoms with Gasteiger partial charge in [0.05, 0.1) is 12.2 Å². The third-order valence-electron chi connectivity index (χ3n) is 2.82. The highest BCUT2D eigenvalue weighted by molar-refractivity contribution is 5.46. The Labute approximate surface area is 113 Å². The standard InChI is InChI=1S/C13H11FN6/c14-9-3-1-8(2-4-9)11(15)13-18-12(19-20-13)10-7-16-5-6-17-10/h1-7,11H,15H2,(H,18,19,20). The first-order valence-electron chi connectivity index (χ1n) is 5.94. The van der Waals surface area contributed by atoms with Crippen molar-refractivity contribution in [2.45, 2.75) is 6.04 Å². The van der Waals surface area contributed by atoms with Crippen molar-refractivity contribution in [1.29, 1.82) is 0 Å². The van der Waals surface area contributed by atoms with Crippen LogP contribution in [0.4, 0.5) is 4.39 Å². The molecule has 0 aliphatic carbocycles. The number of nitrogens with zero attached hydrogens (tertiary/aromatic N) is 4. The molecule has 0 bridgehead atoms. The van der Waals surface area contributed by atoms with Crippen LogP contribution in [-0.2, 0) is 0 Å². The third kappa shape index (κ3) is 2.39. The summed E-state index contributed by atoms with van der Waals surface area (Å²) in [5.74, 6) is 0.599. The molecule has 3 rings (SSSR count). The summed E-state index contributed by atoms with van der Waals surface area (Å²) < 4.78 is 12.9. The highest BCUT2D eigenvalue weighted by atomic mass is 19.1. The summed E-state index contributed by atoms with van der Waals surface area (Å²) in [5.41, 5.74) is 7.37. The van der Waals surface area contributed by atoms with Crippen molar-refractivity contribution in [2.75, 3.05) is 0 Å². The zero-order valence-corrected chi connectivity index (χ0v) is 10.4. The number of halogens is 1. The van der Waals surface area contributed by atoms with Crippen LogP contribution in [-0.4, -0.2) is 25.1 Å². The Kier molecular flexibility index (Phi) is 3.18. The minimum Gasteiger partial charge on any atom is -0.318 e. The second-order valence-corrected chi connectivity index (χ2v) is 4.16. The summed E-state index contributed by atoms with van der Waals surface area (Å²) >= 11 is 0. The maximum atomic E-state index is 12.9. The molecule has 0 saturated carbocycles. The number of aromatic amines is 1. The van der Waals surface area contributed by atoms with Gasteiger partial charge in [0, 0.05) is 12.4 Å². The van der Waals surface area contributed by atoms with E-state index in [1.54, 1.807) is 30.7 Å². The Bertz CT molecular complexity index is 694. The molecule has 0 aliphatic heterocycles. The van der Waals surface area contributed by atoms with E-state index < -0.39 is 6.04 Å². The highest BCUT2D eigenvalue weighted by Crippen LogP contribution is 2.18. The van der Waals surface area contributed by atoms with Crippen molar-refractivity contribution in [3.05, 3.63) is 60.1 Å². The second-order valence-electron chi connectivity index (χ2n) is 4.16. The number of aromatic nitrogens is 5. The van der Waals surface area contributed by atoms with E-state index in [0.29, 0.717) is 17.3 Å². The molecule has 3 aromatic rings. The fourth-order valence-corrected chi connectivity index (χ4v) is 1.77. The van der Waals surface area contributed by atoms with E-state index in [9.17, 15) is 4.39 Å². The van der Waals surface area contributed by atoms with Crippen molar-refractivity contribution in [2.24, 2.45) is 5.73 Å². The van der Waals surface area contributed by atoms with Gasteiger partial charge in [-0.1, -0.05) is 12.1 Å². The number of benzene rings is 1. The Morgan fingerprint density at radius 1 is 1.15 bits per heavy atom. The predicted octanol–water partition coefficient (Wildman–Crippen LogP) is 1.45. The van der Waals surface area contributed by atoms with Gasteiger partial charge in [-0.25, -0.2) is 14.4 Å². The molecule has 0 amide bonds. The van der Waals surface area contributed by atoms with Gasteiger partial charge in [0.15, 0.2) is 0 Å². The molecule has 20 heavy (non-hydrogen) atoms. The first-order valence-corrected chi connectivity index (χ1v) is 5.94. The molecule has 100 valence electrons. The van der Waals surface area contributed by atoms with Gasteiger partial charge in [0.1, 0.15) is 17.3 Å². The molecule has 3 N–H and O–H groups in total. The predicted molar refractivity (Wildman–Crippen MR) is 69.8 cm³/mol. The lowest BCUT2D eigenvalue weighted by Crippen LogP contribution is -2.13. The smallest absolute Gasteiger partial charge is 0.201 e. The first-order chi connectivity index (χ1) is 9.74. The summed E-state index contributed by atoms with van der Waals surface area (Å²) in [6.07, 6.45) is 4.70. The van der Waals surface area contributed by atoms with E-state index in [0.717, 1.165) is 5.56 Å². The van der Waals surface area contributed by atoms with E-state index in [1.807, 2.05) is 0 Å². The summed E-state index contributed by atoms with van der Waals surface area (Å²) in [4.78, 5) is 12.4. The zero-order valence-electron chi connectivity index (χ0n) is 10.4. The van der Waals surface area contributed by atoms with Gasteiger partial charge >= 0.3 is 0 Å². The van der Waals surface area contributed by atoms with Crippen LogP contribution >= 0.6 is 0 Å². The van der Waals surface area contributed by atoms with Crippen molar-refractivity contribution >= 4 is 0 Å². The normalized spacial score (nSPS) is 12.3. The molecule has 1 unspecified atom stereocenters. The maximum absolute atomic E-state index is 12.9. The average Bonchev–Trinajstić information content (AvgIpc) is 2.98. The van der Waals surface area contributed by atoms with Gasteiger partial charge in [0.2, 0.25) is 5.82 Å². The zero-order chi connectivity index (χ0) is 13.9. The van der Waals surface area contributed by atoms with Gasteiger partial charge in [-0.2, -0.15) is 5.10 Å². The van der Waals surface area contributed by atoms with Gasteiger partial charge in [-0.3, -0.25) is 10.1 Å². The van der Waals surface area contributed by atoms with E-state index in [4.69, 9.17) is 5.73 Å². The van der Waals surface area contributed by atoms with E-state index >= 15 is 0 Å². The fourth-order valence-electron chi connectivity index (χ4n) is 1.77. The van der Waals surface area contributed by atoms with Gasteiger partial charge < -0.3 is 5.73 Å². The lowest BCUT2D eigenvalue weighted by Gasteiger charge is -2.07. The number of hydrogen-bond acceptors (Lipinski definition) is 5. The molecule has 1 atom stereocenters. The van der Waals surface area contributed by atoms with Crippen LogP contribution < -0.4 is 5.73 Å². The number of nitrogens with one attached hydrogen (secondary N) is 1. The molecular weight excluding hydrogens is 259 g/mol. The third-order valence-corrected chi connectivity index (χ3v) is 2.82.